The van der Waals surface area contributed by atoms with Crippen LogP contribution in [0.2, 0.25) is 0 Å². The molecule has 0 spiro atoms. The second-order valence-electron chi connectivity index (χ2n) is 3.68. The minimum atomic E-state index is -4.14. The van der Waals surface area contributed by atoms with Crippen LogP contribution >= 0.6 is 15.9 Å². The zero-order valence-corrected chi connectivity index (χ0v) is 12.5. The summed E-state index contributed by atoms with van der Waals surface area (Å²) in [5.41, 5.74) is 5.50. The summed E-state index contributed by atoms with van der Waals surface area (Å²) in [6.45, 7) is -1.31. The van der Waals surface area contributed by atoms with E-state index in [-0.39, 0.29) is 23.3 Å². The highest BCUT2D eigenvalue weighted by molar-refractivity contribution is 9.10. The first-order valence-electron chi connectivity index (χ1n) is 5.34. The van der Waals surface area contributed by atoms with Crippen LogP contribution in [-0.4, -0.2) is 34.6 Å². The van der Waals surface area contributed by atoms with Gasteiger partial charge in [-0.25, -0.2) is 26.3 Å². The third kappa shape index (κ3) is 4.93. The van der Waals surface area contributed by atoms with Gasteiger partial charge in [-0.15, -0.1) is 0 Å². The largest absolute Gasteiger partial charge is 0.399 e. The van der Waals surface area contributed by atoms with E-state index in [1.54, 1.807) is 0 Å². The fourth-order valence-corrected chi connectivity index (χ4v) is 3.03. The second-order valence-corrected chi connectivity index (χ2v) is 6.27. The Morgan fingerprint density at radius 1 is 1.40 bits per heavy atom. The molecule has 0 heterocycles. The van der Waals surface area contributed by atoms with Crippen LogP contribution in [0.3, 0.4) is 0 Å². The second kappa shape index (κ2) is 7.25. The average Bonchev–Trinajstić information content (AvgIpc) is 2.32. The van der Waals surface area contributed by atoms with Crippen LogP contribution in [0.15, 0.2) is 21.5 Å². The Labute approximate surface area is 122 Å². The van der Waals surface area contributed by atoms with Gasteiger partial charge in [0.2, 0.25) is 10.0 Å². The van der Waals surface area contributed by atoms with E-state index in [0.717, 1.165) is 6.07 Å². The van der Waals surface area contributed by atoms with Crippen LogP contribution in [0.4, 0.5) is 18.9 Å². The number of hydrogen-bond donors (Lipinski definition) is 2. The van der Waals surface area contributed by atoms with Crippen molar-refractivity contribution in [1.29, 1.82) is 0 Å². The Bertz CT molecular complexity index is 569. The van der Waals surface area contributed by atoms with Crippen LogP contribution in [-0.2, 0) is 14.8 Å². The van der Waals surface area contributed by atoms with E-state index in [9.17, 15) is 21.6 Å². The normalized spacial score (nSPS) is 12.1. The van der Waals surface area contributed by atoms with Gasteiger partial charge in [0.1, 0.15) is 11.5 Å². The third-order valence-electron chi connectivity index (χ3n) is 2.09. The molecule has 0 saturated carbocycles. The van der Waals surface area contributed by atoms with Crippen molar-refractivity contribution >= 4 is 31.6 Å². The van der Waals surface area contributed by atoms with Gasteiger partial charge in [-0.3, -0.25) is 0 Å². The van der Waals surface area contributed by atoms with Crippen LogP contribution < -0.4 is 10.5 Å². The summed E-state index contributed by atoms with van der Waals surface area (Å²) in [5, 5.41) is 0. The van der Waals surface area contributed by atoms with E-state index in [1.165, 1.54) is 6.07 Å². The summed E-state index contributed by atoms with van der Waals surface area (Å²) in [4.78, 5) is -0.627. The maximum Gasteiger partial charge on any atom is 0.261 e. The van der Waals surface area contributed by atoms with Crippen molar-refractivity contribution in [3.8, 4) is 0 Å². The molecule has 0 saturated heterocycles. The van der Waals surface area contributed by atoms with Gasteiger partial charge in [0, 0.05) is 12.2 Å². The standard InChI is InChI=1S/C10H12BrF3N2O3S/c11-7-3-6(15)4-8(10(7)14)20(17,18)16-1-2-19-5-9(12)13/h3-4,9,16H,1-2,5,15H2. The summed E-state index contributed by atoms with van der Waals surface area (Å²) in [7, 11) is -4.14. The number of sulfonamides is 1. The molecule has 0 atom stereocenters. The molecular weight excluding hydrogens is 365 g/mol. The Morgan fingerprint density at radius 3 is 2.65 bits per heavy atom. The van der Waals surface area contributed by atoms with Gasteiger partial charge in [0.05, 0.1) is 11.1 Å². The molecule has 1 aromatic rings. The number of nitrogens with two attached hydrogens (primary N) is 1. The highest BCUT2D eigenvalue weighted by Crippen LogP contribution is 2.25. The molecule has 20 heavy (non-hydrogen) atoms. The number of nitrogens with one attached hydrogen (secondary N) is 1. The quantitative estimate of drug-likeness (QED) is 0.560. The molecule has 0 aliphatic heterocycles. The molecule has 3 N–H and O–H groups in total. The van der Waals surface area contributed by atoms with Crippen LogP contribution in [0, 0.1) is 5.82 Å². The van der Waals surface area contributed by atoms with Crippen LogP contribution in [0.5, 0.6) is 0 Å². The van der Waals surface area contributed by atoms with Crippen molar-refractivity contribution in [2.24, 2.45) is 0 Å². The van der Waals surface area contributed by atoms with E-state index < -0.39 is 33.8 Å². The predicted molar refractivity (Wildman–Crippen MR) is 70.5 cm³/mol. The van der Waals surface area contributed by atoms with Gasteiger partial charge >= 0.3 is 0 Å². The van der Waals surface area contributed by atoms with Crippen molar-refractivity contribution in [3.63, 3.8) is 0 Å². The number of anilines is 1. The topological polar surface area (TPSA) is 81.4 Å². The van der Waals surface area contributed by atoms with E-state index in [4.69, 9.17) is 5.73 Å². The highest BCUT2D eigenvalue weighted by Gasteiger charge is 2.21. The fourth-order valence-electron chi connectivity index (χ4n) is 1.28. The average molecular weight is 377 g/mol. The molecule has 0 amide bonds. The fraction of sp³-hybridized carbons (Fsp3) is 0.400. The summed E-state index contributed by atoms with van der Waals surface area (Å²) in [6.07, 6.45) is -2.63. The molecular formula is C10H12BrF3N2O3S. The van der Waals surface area contributed by atoms with Crippen molar-refractivity contribution < 1.29 is 26.3 Å². The Balaban J connectivity index is 2.70. The van der Waals surface area contributed by atoms with Crippen molar-refractivity contribution in [1.82, 2.24) is 4.72 Å². The first-order valence-corrected chi connectivity index (χ1v) is 7.61. The maximum absolute atomic E-state index is 13.7. The van der Waals surface area contributed by atoms with E-state index in [2.05, 4.69) is 20.7 Å². The molecule has 5 nitrogen and oxygen atoms in total. The Hall–Kier alpha value is -0.840. The lowest BCUT2D eigenvalue weighted by Gasteiger charge is -2.10. The van der Waals surface area contributed by atoms with Crippen LogP contribution in [0.1, 0.15) is 0 Å². The van der Waals surface area contributed by atoms with Crippen molar-refractivity contribution in [2.45, 2.75) is 11.3 Å². The van der Waals surface area contributed by atoms with Gasteiger partial charge in [-0.05, 0) is 28.1 Å². The highest BCUT2D eigenvalue weighted by atomic mass is 79.9. The van der Waals surface area contributed by atoms with Crippen LogP contribution in [0.25, 0.3) is 0 Å². The predicted octanol–water partition coefficient (Wildman–Crippen LogP) is 1.73. The lowest BCUT2D eigenvalue weighted by molar-refractivity contribution is 0.0199. The molecule has 0 radical (unpaired) electrons. The lowest BCUT2D eigenvalue weighted by Crippen LogP contribution is -2.28. The zero-order chi connectivity index (χ0) is 15.3. The number of halogens is 4. The summed E-state index contributed by atoms with van der Waals surface area (Å²) >= 11 is 2.84. The summed E-state index contributed by atoms with van der Waals surface area (Å²) in [6, 6.07) is 2.18. The number of ether oxygens (including phenoxy) is 1. The minimum Gasteiger partial charge on any atom is -0.399 e. The van der Waals surface area contributed by atoms with Gasteiger partial charge < -0.3 is 10.5 Å². The number of benzene rings is 1. The molecule has 0 fully saturated rings. The first kappa shape index (κ1) is 17.2. The molecule has 0 aliphatic carbocycles. The molecule has 1 rings (SSSR count). The number of alkyl halides is 2. The van der Waals surface area contributed by atoms with Gasteiger partial charge in [-0.2, -0.15) is 0 Å². The number of nitrogen functional groups attached to an aromatic ring is 1. The first-order chi connectivity index (χ1) is 9.24. The third-order valence-corrected chi connectivity index (χ3v) is 4.13. The van der Waals surface area contributed by atoms with E-state index >= 15 is 0 Å². The molecule has 114 valence electrons. The van der Waals surface area contributed by atoms with Gasteiger partial charge in [-0.1, -0.05) is 0 Å². The Morgan fingerprint density at radius 2 is 2.05 bits per heavy atom. The SMILES string of the molecule is Nc1cc(Br)c(F)c(S(=O)(=O)NCCOCC(F)F)c1. The van der Waals surface area contributed by atoms with E-state index in [1.807, 2.05) is 4.72 Å². The molecule has 0 bridgehead atoms. The smallest absolute Gasteiger partial charge is 0.261 e. The molecule has 0 aliphatic rings. The maximum atomic E-state index is 13.7. The Kier molecular flexibility index (Phi) is 6.24. The molecule has 1 aromatic carbocycles. The molecule has 0 aromatic heterocycles. The number of rotatable bonds is 7. The zero-order valence-electron chi connectivity index (χ0n) is 10.1. The number of hydrogen-bond acceptors (Lipinski definition) is 4. The summed E-state index contributed by atoms with van der Waals surface area (Å²) in [5.74, 6) is -0.986. The lowest BCUT2D eigenvalue weighted by atomic mass is 10.3. The molecule has 0 unspecified atom stereocenters. The summed E-state index contributed by atoms with van der Waals surface area (Å²) < 4.78 is 67.3. The van der Waals surface area contributed by atoms with E-state index in [0.29, 0.717) is 0 Å². The monoisotopic (exact) mass is 376 g/mol. The van der Waals surface area contributed by atoms with Crippen molar-refractivity contribution in [2.75, 3.05) is 25.5 Å². The minimum absolute atomic E-state index is 0.0626. The molecule has 10 heteroatoms. The van der Waals surface area contributed by atoms with Gasteiger partial charge in [0.15, 0.2) is 5.82 Å². The van der Waals surface area contributed by atoms with Gasteiger partial charge in [0.25, 0.3) is 6.43 Å². The van der Waals surface area contributed by atoms with Crippen molar-refractivity contribution in [3.05, 3.63) is 22.4 Å².